The Kier molecular flexibility index (Phi) is 2.23. The van der Waals surface area contributed by atoms with Crippen molar-refractivity contribution in [1.82, 2.24) is 0 Å². The maximum atomic E-state index is 10.8. The van der Waals surface area contributed by atoms with Gasteiger partial charge in [-0.25, -0.2) is 9.59 Å². The van der Waals surface area contributed by atoms with Crippen LogP contribution < -0.4 is 0 Å². The van der Waals surface area contributed by atoms with Gasteiger partial charge in [-0.1, -0.05) is 0 Å². The second kappa shape index (κ2) is 3.17. The SMILES string of the molecule is COC(=O)C1=NC=C(C(=O)O)C1. The highest BCUT2D eigenvalue weighted by Crippen LogP contribution is 2.12. The summed E-state index contributed by atoms with van der Waals surface area (Å²) in [5, 5.41) is 8.49. The second-order valence-electron chi connectivity index (χ2n) is 2.20. The van der Waals surface area contributed by atoms with Crippen LogP contribution in [0.25, 0.3) is 0 Å². The Morgan fingerprint density at radius 3 is 2.75 bits per heavy atom. The van der Waals surface area contributed by atoms with Crippen LogP contribution >= 0.6 is 0 Å². The Hall–Kier alpha value is -1.65. The molecule has 0 aromatic carbocycles. The monoisotopic (exact) mass is 169 g/mol. The molecule has 1 aliphatic heterocycles. The van der Waals surface area contributed by atoms with Crippen LogP contribution in [-0.4, -0.2) is 29.9 Å². The number of hydrogen-bond donors (Lipinski definition) is 1. The third kappa shape index (κ3) is 1.50. The van der Waals surface area contributed by atoms with Crippen LogP contribution in [0.15, 0.2) is 16.8 Å². The van der Waals surface area contributed by atoms with E-state index in [0.717, 1.165) is 6.20 Å². The Labute approximate surface area is 68.4 Å². The highest BCUT2D eigenvalue weighted by Gasteiger charge is 2.21. The molecule has 5 heteroatoms. The van der Waals surface area contributed by atoms with Crippen LogP contribution in [0.4, 0.5) is 0 Å². The van der Waals surface area contributed by atoms with Crippen molar-refractivity contribution in [3.8, 4) is 0 Å². The summed E-state index contributed by atoms with van der Waals surface area (Å²) >= 11 is 0. The Morgan fingerprint density at radius 1 is 1.67 bits per heavy atom. The molecule has 0 saturated heterocycles. The highest BCUT2D eigenvalue weighted by atomic mass is 16.5. The van der Waals surface area contributed by atoms with E-state index in [1.54, 1.807) is 0 Å². The highest BCUT2D eigenvalue weighted by molar-refractivity contribution is 6.38. The predicted octanol–water partition coefficient (Wildman–Crippen LogP) is -0.0274. The lowest BCUT2D eigenvalue weighted by molar-refractivity contribution is -0.132. The van der Waals surface area contributed by atoms with Crippen molar-refractivity contribution in [3.05, 3.63) is 11.8 Å². The first kappa shape index (κ1) is 8.45. The Bertz CT molecular complexity index is 290. The van der Waals surface area contributed by atoms with Gasteiger partial charge in [0.15, 0.2) is 0 Å². The van der Waals surface area contributed by atoms with Gasteiger partial charge in [0.05, 0.1) is 12.7 Å². The molecule has 1 heterocycles. The zero-order valence-corrected chi connectivity index (χ0v) is 6.40. The van der Waals surface area contributed by atoms with Crippen molar-refractivity contribution >= 4 is 17.7 Å². The van der Waals surface area contributed by atoms with E-state index in [2.05, 4.69) is 9.73 Å². The van der Waals surface area contributed by atoms with Crippen molar-refractivity contribution in [3.63, 3.8) is 0 Å². The van der Waals surface area contributed by atoms with E-state index in [-0.39, 0.29) is 17.7 Å². The second-order valence-corrected chi connectivity index (χ2v) is 2.20. The molecule has 64 valence electrons. The van der Waals surface area contributed by atoms with Crippen LogP contribution in [-0.2, 0) is 14.3 Å². The summed E-state index contributed by atoms with van der Waals surface area (Å²) in [6.45, 7) is 0. The Morgan fingerprint density at radius 2 is 2.33 bits per heavy atom. The number of carboxylic acids is 1. The van der Waals surface area contributed by atoms with E-state index in [4.69, 9.17) is 5.11 Å². The van der Waals surface area contributed by atoms with Crippen molar-refractivity contribution in [2.24, 2.45) is 4.99 Å². The fraction of sp³-hybridized carbons (Fsp3) is 0.286. The molecule has 5 nitrogen and oxygen atoms in total. The van der Waals surface area contributed by atoms with Gasteiger partial charge in [0.25, 0.3) is 0 Å². The molecule has 0 amide bonds. The number of esters is 1. The summed E-state index contributed by atoms with van der Waals surface area (Å²) < 4.78 is 4.37. The summed E-state index contributed by atoms with van der Waals surface area (Å²) in [6, 6.07) is 0. The van der Waals surface area contributed by atoms with Gasteiger partial charge >= 0.3 is 11.9 Å². The number of carbonyl (C=O) groups excluding carboxylic acids is 1. The minimum atomic E-state index is -1.06. The zero-order chi connectivity index (χ0) is 9.14. The van der Waals surface area contributed by atoms with Crippen molar-refractivity contribution in [2.75, 3.05) is 7.11 Å². The molecule has 0 bridgehead atoms. The molecule has 12 heavy (non-hydrogen) atoms. The molecule has 0 saturated carbocycles. The number of hydrogen-bond acceptors (Lipinski definition) is 4. The van der Waals surface area contributed by atoms with E-state index < -0.39 is 11.9 Å². The number of ether oxygens (including phenoxy) is 1. The molecule has 0 spiro atoms. The van der Waals surface area contributed by atoms with E-state index in [9.17, 15) is 9.59 Å². The third-order valence-electron chi connectivity index (χ3n) is 1.43. The van der Waals surface area contributed by atoms with Crippen LogP contribution in [0.1, 0.15) is 6.42 Å². The average molecular weight is 169 g/mol. The van der Waals surface area contributed by atoms with E-state index in [0.29, 0.717) is 0 Å². The van der Waals surface area contributed by atoms with Crippen molar-refractivity contribution < 1.29 is 19.4 Å². The molecule has 1 N–H and O–H groups in total. The summed E-state index contributed by atoms with van der Waals surface area (Å²) in [5.41, 5.74) is 0.241. The lowest BCUT2D eigenvalue weighted by Gasteiger charge is -1.96. The van der Waals surface area contributed by atoms with Crippen LogP contribution in [0, 0.1) is 0 Å². The smallest absolute Gasteiger partial charge is 0.352 e. The maximum absolute atomic E-state index is 10.8. The third-order valence-corrected chi connectivity index (χ3v) is 1.43. The van der Waals surface area contributed by atoms with Gasteiger partial charge in [0.2, 0.25) is 0 Å². The summed E-state index contributed by atoms with van der Waals surface area (Å²) in [6.07, 6.45) is 1.20. The summed E-state index contributed by atoms with van der Waals surface area (Å²) in [7, 11) is 1.23. The lowest BCUT2D eigenvalue weighted by Crippen LogP contribution is -2.15. The molecular weight excluding hydrogens is 162 g/mol. The fourth-order valence-corrected chi connectivity index (χ4v) is 0.801. The Balaban J connectivity index is 2.62. The van der Waals surface area contributed by atoms with Crippen LogP contribution in [0.3, 0.4) is 0 Å². The number of aliphatic carboxylic acids is 1. The molecule has 0 atom stereocenters. The number of rotatable bonds is 2. The maximum Gasteiger partial charge on any atom is 0.352 e. The zero-order valence-electron chi connectivity index (χ0n) is 6.40. The summed E-state index contributed by atoms with van der Waals surface area (Å²) in [5.74, 6) is -1.64. The molecule has 0 aliphatic carbocycles. The number of nitrogens with zero attached hydrogens (tertiary/aromatic N) is 1. The van der Waals surface area contributed by atoms with Crippen LogP contribution in [0.5, 0.6) is 0 Å². The molecule has 1 aliphatic rings. The predicted molar refractivity (Wildman–Crippen MR) is 39.8 cm³/mol. The van der Waals surface area contributed by atoms with E-state index in [1.165, 1.54) is 7.11 Å². The normalized spacial score (nSPS) is 15.1. The van der Waals surface area contributed by atoms with Gasteiger partial charge in [-0.15, -0.1) is 0 Å². The molecular formula is C7H7NO4. The van der Waals surface area contributed by atoms with Crippen molar-refractivity contribution in [1.29, 1.82) is 0 Å². The number of methoxy groups -OCH3 is 1. The standard InChI is InChI=1S/C7H7NO4/c1-12-7(11)5-2-4(3-8-5)6(9)10/h3H,2H2,1H3,(H,9,10). The molecule has 0 aromatic rings. The van der Waals surface area contributed by atoms with Crippen molar-refractivity contribution in [2.45, 2.75) is 6.42 Å². The first-order valence-electron chi connectivity index (χ1n) is 3.22. The van der Waals surface area contributed by atoms with Gasteiger partial charge < -0.3 is 9.84 Å². The van der Waals surface area contributed by atoms with Gasteiger partial charge in [-0.2, -0.15) is 0 Å². The molecule has 0 radical (unpaired) electrons. The van der Waals surface area contributed by atoms with Crippen LogP contribution in [0.2, 0.25) is 0 Å². The van der Waals surface area contributed by atoms with Gasteiger partial charge in [-0.05, 0) is 0 Å². The average Bonchev–Trinajstić information content (AvgIpc) is 2.51. The first-order valence-corrected chi connectivity index (χ1v) is 3.22. The largest absolute Gasteiger partial charge is 0.478 e. The number of carbonyl (C=O) groups is 2. The minimum Gasteiger partial charge on any atom is -0.478 e. The first-order chi connectivity index (χ1) is 5.65. The van der Waals surface area contributed by atoms with Gasteiger partial charge in [0.1, 0.15) is 5.71 Å². The van der Waals surface area contributed by atoms with Gasteiger partial charge in [0, 0.05) is 12.6 Å². The fourth-order valence-electron chi connectivity index (χ4n) is 0.801. The van der Waals surface area contributed by atoms with E-state index >= 15 is 0 Å². The van der Waals surface area contributed by atoms with E-state index in [1.807, 2.05) is 0 Å². The summed E-state index contributed by atoms with van der Waals surface area (Å²) in [4.78, 5) is 24.8. The minimum absolute atomic E-state index is 0.0437. The molecule has 0 fully saturated rings. The quantitative estimate of drug-likeness (QED) is 0.589. The number of aliphatic imine (C=N–C) groups is 1. The lowest BCUT2D eigenvalue weighted by atomic mass is 10.2. The molecule has 0 unspecified atom stereocenters. The molecule has 0 aromatic heterocycles. The topological polar surface area (TPSA) is 76.0 Å². The molecule has 1 rings (SSSR count). The van der Waals surface area contributed by atoms with Gasteiger partial charge in [-0.3, -0.25) is 4.99 Å². The number of carboxylic acid groups (broad SMARTS) is 1.